The minimum absolute atomic E-state index is 0.157. The molecular formula is C21H33N3O2S. The predicted octanol–water partition coefficient (Wildman–Crippen LogP) is 2.84. The Morgan fingerprint density at radius 2 is 2.15 bits per heavy atom. The first-order valence-corrected chi connectivity index (χ1v) is 11.4. The highest BCUT2D eigenvalue weighted by Crippen LogP contribution is 2.43. The Bertz CT molecular complexity index is 681. The van der Waals surface area contributed by atoms with Crippen molar-refractivity contribution in [2.45, 2.75) is 64.1 Å². The molecule has 0 aromatic carbocycles. The van der Waals surface area contributed by atoms with Crippen LogP contribution in [0.2, 0.25) is 0 Å². The van der Waals surface area contributed by atoms with Crippen molar-refractivity contribution in [2.24, 2.45) is 0 Å². The fourth-order valence-electron chi connectivity index (χ4n) is 5.02. The molecule has 2 saturated heterocycles. The number of hydrogen-bond donors (Lipinski definition) is 1. The molecule has 2 fully saturated rings. The third-order valence-electron chi connectivity index (χ3n) is 6.58. The van der Waals surface area contributed by atoms with Crippen LogP contribution in [0.1, 0.15) is 60.1 Å². The third kappa shape index (κ3) is 3.57. The second-order valence-corrected chi connectivity index (χ2v) is 9.57. The summed E-state index contributed by atoms with van der Waals surface area (Å²) in [7, 11) is 0. The molecule has 4 heterocycles. The molecule has 0 aliphatic carbocycles. The van der Waals surface area contributed by atoms with E-state index in [0.717, 1.165) is 69.9 Å². The van der Waals surface area contributed by atoms with E-state index in [1.54, 1.807) is 11.3 Å². The van der Waals surface area contributed by atoms with Crippen molar-refractivity contribution in [3.8, 4) is 0 Å². The van der Waals surface area contributed by atoms with Gasteiger partial charge in [-0.3, -0.25) is 9.69 Å². The number of nitrogens with one attached hydrogen (secondary N) is 1. The molecular weight excluding hydrogens is 358 g/mol. The molecule has 1 spiro atoms. The molecule has 4 rings (SSSR count). The lowest BCUT2D eigenvalue weighted by molar-refractivity contribution is -0.0792. The Labute approximate surface area is 167 Å². The van der Waals surface area contributed by atoms with Gasteiger partial charge in [-0.05, 0) is 57.8 Å². The number of amides is 1. The van der Waals surface area contributed by atoms with Crippen LogP contribution in [0.15, 0.2) is 6.07 Å². The fraction of sp³-hybridized carbons (Fsp3) is 0.762. The molecule has 3 aliphatic heterocycles. The summed E-state index contributed by atoms with van der Waals surface area (Å²) in [6.45, 7) is 12.2. The van der Waals surface area contributed by atoms with Crippen molar-refractivity contribution in [1.82, 2.24) is 15.1 Å². The maximum absolute atomic E-state index is 13.3. The van der Waals surface area contributed by atoms with E-state index >= 15 is 0 Å². The Hall–Kier alpha value is -0.950. The summed E-state index contributed by atoms with van der Waals surface area (Å²) >= 11 is 1.72. The molecule has 1 atom stereocenters. The van der Waals surface area contributed by atoms with Gasteiger partial charge in [0, 0.05) is 43.0 Å². The van der Waals surface area contributed by atoms with Gasteiger partial charge in [0.05, 0.1) is 17.1 Å². The topological polar surface area (TPSA) is 44.8 Å². The molecule has 150 valence electrons. The lowest BCUT2D eigenvalue weighted by atomic mass is 9.83. The molecule has 27 heavy (non-hydrogen) atoms. The number of rotatable bonds is 3. The van der Waals surface area contributed by atoms with Crippen molar-refractivity contribution in [3.63, 3.8) is 0 Å². The number of carbonyl (C=O) groups excluding carboxylic acids is 1. The fourth-order valence-corrected chi connectivity index (χ4v) is 6.22. The van der Waals surface area contributed by atoms with Gasteiger partial charge < -0.3 is 15.0 Å². The number of ether oxygens (including phenoxy) is 1. The van der Waals surface area contributed by atoms with Gasteiger partial charge in [-0.25, -0.2) is 0 Å². The minimum Gasteiger partial charge on any atom is -0.370 e. The van der Waals surface area contributed by atoms with Crippen molar-refractivity contribution >= 4 is 17.2 Å². The van der Waals surface area contributed by atoms with Gasteiger partial charge in [-0.15, -0.1) is 11.3 Å². The minimum atomic E-state index is -0.157. The van der Waals surface area contributed by atoms with E-state index in [1.807, 2.05) is 0 Å². The van der Waals surface area contributed by atoms with E-state index in [1.165, 1.54) is 10.4 Å². The quantitative estimate of drug-likeness (QED) is 0.861. The van der Waals surface area contributed by atoms with Gasteiger partial charge in [0.1, 0.15) is 0 Å². The van der Waals surface area contributed by atoms with Crippen LogP contribution in [-0.4, -0.2) is 67.1 Å². The Kier molecular flexibility index (Phi) is 5.61. The number of hydrogen-bond acceptors (Lipinski definition) is 5. The summed E-state index contributed by atoms with van der Waals surface area (Å²) in [4.78, 5) is 20.2. The lowest BCUT2D eigenvalue weighted by Crippen LogP contribution is -2.56. The maximum atomic E-state index is 13.3. The normalized spacial score (nSPS) is 25.8. The highest BCUT2D eigenvalue weighted by Gasteiger charge is 2.41. The SMILES string of the molecule is CCC1CN(C(=O)c2cc3c(s2)CCOC32CCNCC2)CCN1C(C)C. The summed E-state index contributed by atoms with van der Waals surface area (Å²) in [5.41, 5.74) is 1.15. The van der Waals surface area contributed by atoms with Crippen LogP contribution in [0.3, 0.4) is 0 Å². The standard InChI is InChI=1S/C21H33N3O2S/c1-4-16-14-23(10-11-24(16)15(2)3)20(25)19-13-17-18(27-19)5-12-26-21(17)6-8-22-9-7-21/h13,15-16,22H,4-12,14H2,1-3H3. The second kappa shape index (κ2) is 7.82. The number of thiophene rings is 1. The third-order valence-corrected chi connectivity index (χ3v) is 7.76. The second-order valence-electron chi connectivity index (χ2n) is 8.44. The van der Waals surface area contributed by atoms with Gasteiger partial charge in [0.25, 0.3) is 5.91 Å². The largest absolute Gasteiger partial charge is 0.370 e. The van der Waals surface area contributed by atoms with Crippen LogP contribution in [0.4, 0.5) is 0 Å². The van der Waals surface area contributed by atoms with Crippen LogP contribution < -0.4 is 5.32 Å². The van der Waals surface area contributed by atoms with Crippen LogP contribution >= 0.6 is 11.3 Å². The first-order valence-electron chi connectivity index (χ1n) is 10.6. The summed E-state index contributed by atoms with van der Waals surface area (Å²) in [6.07, 6.45) is 4.05. The molecule has 0 bridgehead atoms. The Morgan fingerprint density at radius 3 is 2.85 bits per heavy atom. The van der Waals surface area contributed by atoms with E-state index in [-0.39, 0.29) is 11.5 Å². The average Bonchev–Trinajstić information content (AvgIpc) is 3.13. The van der Waals surface area contributed by atoms with Gasteiger partial charge in [-0.1, -0.05) is 6.92 Å². The van der Waals surface area contributed by atoms with Crippen LogP contribution in [-0.2, 0) is 16.8 Å². The number of nitrogens with zero attached hydrogens (tertiary/aromatic N) is 2. The van der Waals surface area contributed by atoms with Crippen molar-refractivity contribution in [1.29, 1.82) is 0 Å². The van der Waals surface area contributed by atoms with Crippen molar-refractivity contribution < 1.29 is 9.53 Å². The smallest absolute Gasteiger partial charge is 0.264 e. The first-order chi connectivity index (χ1) is 13.0. The van der Waals surface area contributed by atoms with E-state index in [4.69, 9.17) is 4.74 Å². The van der Waals surface area contributed by atoms with Gasteiger partial charge >= 0.3 is 0 Å². The predicted molar refractivity (Wildman–Crippen MR) is 110 cm³/mol. The summed E-state index contributed by atoms with van der Waals surface area (Å²) in [5, 5.41) is 3.44. The summed E-state index contributed by atoms with van der Waals surface area (Å²) < 4.78 is 6.28. The highest BCUT2D eigenvalue weighted by molar-refractivity contribution is 7.14. The van der Waals surface area contributed by atoms with Crippen LogP contribution in [0, 0.1) is 0 Å². The molecule has 5 nitrogen and oxygen atoms in total. The maximum Gasteiger partial charge on any atom is 0.264 e. The van der Waals surface area contributed by atoms with Gasteiger partial charge in [-0.2, -0.15) is 0 Å². The summed E-state index contributed by atoms with van der Waals surface area (Å²) in [5.74, 6) is 0.223. The molecule has 1 amide bonds. The zero-order valence-corrected chi connectivity index (χ0v) is 17.7. The van der Waals surface area contributed by atoms with Crippen molar-refractivity contribution in [3.05, 3.63) is 21.4 Å². The Balaban J connectivity index is 1.54. The number of piperazine rings is 1. The van der Waals surface area contributed by atoms with Gasteiger partial charge in [0.2, 0.25) is 0 Å². The highest BCUT2D eigenvalue weighted by atomic mass is 32.1. The zero-order chi connectivity index (χ0) is 19.0. The molecule has 1 N–H and O–H groups in total. The molecule has 1 unspecified atom stereocenters. The Morgan fingerprint density at radius 1 is 1.37 bits per heavy atom. The van der Waals surface area contributed by atoms with E-state index in [2.05, 4.69) is 42.0 Å². The van der Waals surface area contributed by atoms with Crippen LogP contribution in [0.25, 0.3) is 0 Å². The zero-order valence-electron chi connectivity index (χ0n) is 16.9. The molecule has 3 aliphatic rings. The number of carbonyl (C=O) groups is 1. The van der Waals surface area contributed by atoms with E-state index in [0.29, 0.717) is 12.1 Å². The average molecular weight is 392 g/mol. The monoisotopic (exact) mass is 391 g/mol. The van der Waals surface area contributed by atoms with Crippen LogP contribution in [0.5, 0.6) is 0 Å². The first kappa shape index (κ1) is 19.4. The number of fused-ring (bicyclic) bond motifs is 2. The van der Waals surface area contributed by atoms with Crippen molar-refractivity contribution in [2.75, 3.05) is 39.3 Å². The molecule has 1 aromatic heterocycles. The molecule has 6 heteroatoms. The number of piperidine rings is 1. The van der Waals surface area contributed by atoms with E-state index in [9.17, 15) is 4.79 Å². The lowest BCUT2D eigenvalue weighted by Gasteiger charge is -2.43. The molecule has 0 radical (unpaired) electrons. The summed E-state index contributed by atoms with van der Waals surface area (Å²) in [6, 6.07) is 3.18. The van der Waals surface area contributed by atoms with E-state index < -0.39 is 0 Å². The molecule has 1 aromatic rings. The van der Waals surface area contributed by atoms with Gasteiger partial charge in [0.15, 0.2) is 0 Å². The molecule has 0 saturated carbocycles.